The third kappa shape index (κ3) is 3.24. The predicted octanol–water partition coefficient (Wildman–Crippen LogP) is 5.23. The van der Waals surface area contributed by atoms with E-state index in [1.165, 1.54) is 13.0 Å². The molecule has 2 aromatic rings. The van der Waals surface area contributed by atoms with E-state index in [9.17, 15) is 18.0 Å². The molecular weight excluding hydrogens is 325 g/mol. The molecule has 1 heterocycles. The number of hydrogen-bond acceptors (Lipinski definition) is 3. The first-order valence-electron chi connectivity index (χ1n) is 7.34. The van der Waals surface area contributed by atoms with E-state index in [1.807, 2.05) is 6.08 Å². The molecule has 23 heavy (non-hydrogen) atoms. The van der Waals surface area contributed by atoms with Crippen molar-refractivity contribution in [3.63, 3.8) is 0 Å². The van der Waals surface area contributed by atoms with Gasteiger partial charge in [0.1, 0.15) is 0 Å². The molecule has 1 amide bonds. The molecule has 1 aliphatic rings. The summed E-state index contributed by atoms with van der Waals surface area (Å²) in [6.45, 7) is 1.30. The van der Waals surface area contributed by atoms with Crippen LogP contribution in [0.5, 0.6) is 0 Å². The van der Waals surface area contributed by atoms with E-state index >= 15 is 0 Å². The van der Waals surface area contributed by atoms with Crippen LogP contribution < -0.4 is 5.32 Å². The summed E-state index contributed by atoms with van der Waals surface area (Å²) in [5, 5.41) is 2.65. The molecule has 0 unspecified atom stereocenters. The Morgan fingerprint density at radius 1 is 1.30 bits per heavy atom. The zero-order valence-corrected chi connectivity index (χ0v) is 13.3. The number of nitrogens with one attached hydrogen (secondary N) is 1. The minimum Gasteiger partial charge on any atom is -0.302 e. The number of anilines is 1. The second kappa shape index (κ2) is 5.96. The lowest BCUT2D eigenvalue weighted by Crippen LogP contribution is -2.11. The number of hydrogen-bond donors (Lipinski definition) is 1. The van der Waals surface area contributed by atoms with Crippen molar-refractivity contribution < 1.29 is 18.0 Å². The van der Waals surface area contributed by atoms with Gasteiger partial charge in [-0.15, -0.1) is 0 Å². The molecule has 0 atom stereocenters. The molecule has 0 radical (unpaired) electrons. The van der Waals surface area contributed by atoms with Crippen LogP contribution in [0.1, 0.15) is 43.7 Å². The Bertz CT molecular complexity index is 792. The maximum atomic E-state index is 13.7. The minimum atomic E-state index is -4.49. The van der Waals surface area contributed by atoms with E-state index < -0.39 is 11.7 Å². The molecule has 1 aromatic carbocycles. The zero-order chi connectivity index (χ0) is 16.6. The van der Waals surface area contributed by atoms with Gasteiger partial charge in [-0.2, -0.15) is 13.2 Å². The Balaban J connectivity index is 2.20. The van der Waals surface area contributed by atoms with Crippen molar-refractivity contribution in [2.24, 2.45) is 0 Å². The highest BCUT2D eigenvalue weighted by molar-refractivity contribution is 7.22. The van der Waals surface area contributed by atoms with Crippen molar-refractivity contribution in [1.82, 2.24) is 4.98 Å². The van der Waals surface area contributed by atoms with Crippen LogP contribution in [0.4, 0.5) is 18.3 Å². The number of nitrogens with zero attached hydrogens (tertiary/aromatic N) is 1. The van der Waals surface area contributed by atoms with E-state index in [-0.39, 0.29) is 22.1 Å². The summed E-state index contributed by atoms with van der Waals surface area (Å²) in [6.07, 6.45) is 0.762. The smallest absolute Gasteiger partial charge is 0.302 e. The Morgan fingerprint density at radius 2 is 2.09 bits per heavy atom. The summed E-state index contributed by atoms with van der Waals surface area (Å²) in [5.41, 5.74) is 0.162. The molecule has 0 saturated carbocycles. The van der Waals surface area contributed by atoms with E-state index in [4.69, 9.17) is 0 Å². The Labute approximate surface area is 135 Å². The van der Waals surface area contributed by atoms with Gasteiger partial charge in [0, 0.05) is 6.92 Å². The molecule has 1 aliphatic carbocycles. The Hall–Kier alpha value is -1.89. The number of carbonyl (C=O) groups excluding carboxylic acids is 1. The third-order valence-electron chi connectivity index (χ3n) is 3.76. The van der Waals surface area contributed by atoms with Gasteiger partial charge in [-0.3, -0.25) is 4.79 Å². The first-order chi connectivity index (χ1) is 10.9. The average molecular weight is 340 g/mol. The first kappa shape index (κ1) is 16.0. The van der Waals surface area contributed by atoms with Crippen LogP contribution >= 0.6 is 11.3 Å². The second-order valence-electron chi connectivity index (χ2n) is 5.51. The largest absolute Gasteiger partial charge is 0.419 e. The molecule has 0 spiro atoms. The summed E-state index contributed by atoms with van der Waals surface area (Å²) in [6, 6.07) is 3.18. The van der Waals surface area contributed by atoms with Crippen LogP contribution in [0.25, 0.3) is 15.8 Å². The topological polar surface area (TPSA) is 42.0 Å². The van der Waals surface area contributed by atoms with E-state index in [2.05, 4.69) is 10.3 Å². The number of halogens is 3. The molecule has 7 heteroatoms. The fourth-order valence-electron chi connectivity index (χ4n) is 2.84. The lowest BCUT2D eigenvalue weighted by atomic mass is 9.90. The SMILES string of the molecule is CC(=O)Nc1nc2c(C(F)(F)F)c(C3=CCCCC3)ccc2s1. The summed E-state index contributed by atoms with van der Waals surface area (Å²) in [5.74, 6) is -0.354. The number of fused-ring (bicyclic) bond motifs is 1. The van der Waals surface area contributed by atoms with Crippen molar-refractivity contribution in [3.8, 4) is 0 Å². The lowest BCUT2D eigenvalue weighted by molar-refractivity contribution is -0.136. The number of allylic oxidation sites excluding steroid dienone is 2. The standard InChI is InChI=1S/C16H15F3N2OS/c1-9(22)20-15-21-14-12(23-15)8-7-11(13(14)16(17,18)19)10-5-3-2-4-6-10/h5,7-8H,2-4,6H2,1H3,(H,20,21,22). The summed E-state index contributed by atoms with van der Waals surface area (Å²) in [7, 11) is 0. The Kier molecular flexibility index (Phi) is 4.14. The van der Waals surface area contributed by atoms with E-state index in [1.54, 1.807) is 6.07 Å². The summed E-state index contributed by atoms with van der Waals surface area (Å²) < 4.78 is 41.4. The van der Waals surface area contributed by atoms with Gasteiger partial charge in [-0.25, -0.2) is 4.98 Å². The van der Waals surface area contributed by atoms with Crippen LogP contribution in [0.15, 0.2) is 18.2 Å². The molecule has 0 fully saturated rings. The molecule has 1 N–H and O–H groups in total. The highest BCUT2D eigenvalue weighted by Gasteiger charge is 2.37. The number of aromatic nitrogens is 1. The predicted molar refractivity (Wildman–Crippen MR) is 85.4 cm³/mol. The van der Waals surface area contributed by atoms with Gasteiger partial charge >= 0.3 is 6.18 Å². The molecule has 0 aliphatic heterocycles. The highest BCUT2D eigenvalue weighted by Crippen LogP contribution is 2.43. The van der Waals surface area contributed by atoms with Crippen LogP contribution in [0.2, 0.25) is 0 Å². The van der Waals surface area contributed by atoms with Gasteiger partial charge in [-0.1, -0.05) is 23.5 Å². The number of rotatable bonds is 2. The van der Waals surface area contributed by atoms with Crippen LogP contribution in [0, 0.1) is 0 Å². The monoisotopic (exact) mass is 340 g/mol. The van der Waals surface area contributed by atoms with Crippen LogP contribution in [0.3, 0.4) is 0 Å². The molecule has 0 saturated heterocycles. The molecular formula is C16H15F3N2OS. The zero-order valence-electron chi connectivity index (χ0n) is 12.5. The van der Waals surface area contributed by atoms with Gasteiger partial charge in [-0.05, 0) is 42.9 Å². The highest BCUT2D eigenvalue weighted by atomic mass is 32.1. The van der Waals surface area contributed by atoms with Crippen molar-refractivity contribution in [2.45, 2.75) is 38.8 Å². The van der Waals surface area contributed by atoms with Crippen molar-refractivity contribution in [3.05, 3.63) is 29.3 Å². The molecule has 1 aromatic heterocycles. The van der Waals surface area contributed by atoms with Gasteiger partial charge in [0.15, 0.2) is 5.13 Å². The normalized spacial score (nSPS) is 15.6. The number of alkyl halides is 3. The number of amides is 1. The van der Waals surface area contributed by atoms with Gasteiger partial charge in [0.2, 0.25) is 5.91 Å². The van der Waals surface area contributed by atoms with Gasteiger partial charge in [0.05, 0.1) is 15.8 Å². The van der Waals surface area contributed by atoms with E-state index in [0.717, 1.165) is 36.2 Å². The van der Waals surface area contributed by atoms with Crippen LogP contribution in [-0.2, 0) is 11.0 Å². The number of thiazole rings is 1. The third-order valence-corrected chi connectivity index (χ3v) is 4.70. The number of carbonyl (C=O) groups is 1. The summed E-state index contributed by atoms with van der Waals surface area (Å²) in [4.78, 5) is 15.1. The van der Waals surface area contributed by atoms with Crippen molar-refractivity contribution in [2.75, 3.05) is 5.32 Å². The average Bonchev–Trinajstić information content (AvgIpc) is 2.87. The molecule has 0 bridgehead atoms. The minimum absolute atomic E-state index is 0.0878. The quantitative estimate of drug-likeness (QED) is 0.813. The van der Waals surface area contributed by atoms with Crippen molar-refractivity contribution >= 4 is 38.2 Å². The van der Waals surface area contributed by atoms with Crippen LogP contribution in [-0.4, -0.2) is 10.9 Å². The van der Waals surface area contributed by atoms with Gasteiger partial charge in [0.25, 0.3) is 0 Å². The van der Waals surface area contributed by atoms with Gasteiger partial charge < -0.3 is 5.32 Å². The Morgan fingerprint density at radius 3 is 2.70 bits per heavy atom. The lowest BCUT2D eigenvalue weighted by Gasteiger charge is -2.18. The second-order valence-corrected chi connectivity index (χ2v) is 6.54. The summed E-state index contributed by atoms with van der Waals surface area (Å²) >= 11 is 1.05. The molecule has 3 nitrogen and oxygen atoms in total. The fraction of sp³-hybridized carbons (Fsp3) is 0.375. The van der Waals surface area contributed by atoms with Crippen molar-refractivity contribution in [1.29, 1.82) is 0 Å². The maximum Gasteiger partial charge on any atom is 0.419 e. The van der Waals surface area contributed by atoms with E-state index in [0.29, 0.717) is 11.1 Å². The first-order valence-corrected chi connectivity index (χ1v) is 8.15. The molecule has 122 valence electrons. The fourth-order valence-corrected chi connectivity index (χ4v) is 3.76. The molecule has 3 rings (SSSR count). The number of benzene rings is 1. The maximum absolute atomic E-state index is 13.7.